The zero-order valence-electron chi connectivity index (χ0n) is 10.4. The van der Waals surface area contributed by atoms with E-state index in [9.17, 15) is 18.0 Å². The van der Waals surface area contributed by atoms with E-state index < -0.39 is 23.2 Å². The van der Waals surface area contributed by atoms with Gasteiger partial charge in [0.1, 0.15) is 6.33 Å². The highest BCUT2D eigenvalue weighted by Crippen LogP contribution is 2.32. The number of alkyl halides is 3. The molecule has 0 spiro atoms. The highest BCUT2D eigenvalue weighted by Gasteiger charge is 2.39. The Hall–Kier alpha value is -2.77. The molecule has 0 aliphatic heterocycles. The lowest BCUT2D eigenvalue weighted by atomic mass is 10.0. The summed E-state index contributed by atoms with van der Waals surface area (Å²) < 4.78 is 40.3. The third-order valence-corrected chi connectivity index (χ3v) is 2.85. The van der Waals surface area contributed by atoms with Crippen LogP contribution >= 0.6 is 0 Å². The molecule has 2 aromatic heterocycles. The molecular weight excluding hydrogens is 285 g/mol. The molecule has 0 saturated carbocycles. The lowest BCUT2D eigenvalue weighted by Crippen LogP contribution is -2.20. The van der Waals surface area contributed by atoms with E-state index >= 15 is 0 Å². The Balaban J connectivity index is 2.25. The second-order valence-electron chi connectivity index (χ2n) is 4.19. The summed E-state index contributed by atoms with van der Waals surface area (Å²) in [7, 11) is 0. The van der Waals surface area contributed by atoms with Crippen molar-refractivity contribution in [1.29, 1.82) is 0 Å². The summed E-state index contributed by atoms with van der Waals surface area (Å²) in [6, 6.07) is 7.69. The number of carbonyl (C=O) groups is 1. The third kappa shape index (κ3) is 2.24. The van der Waals surface area contributed by atoms with Crippen molar-refractivity contribution in [2.45, 2.75) is 6.18 Å². The van der Waals surface area contributed by atoms with Crippen molar-refractivity contribution in [3.8, 4) is 0 Å². The molecule has 5 nitrogen and oxygen atoms in total. The van der Waals surface area contributed by atoms with Crippen LogP contribution in [0.5, 0.6) is 0 Å². The fraction of sp³-hybridized carbons (Fsp3) is 0.0769. The van der Waals surface area contributed by atoms with E-state index in [1.165, 1.54) is 12.1 Å². The molecule has 0 aliphatic rings. The summed E-state index contributed by atoms with van der Waals surface area (Å²) in [5, 5.41) is 3.49. The highest BCUT2D eigenvalue weighted by atomic mass is 19.4. The van der Waals surface area contributed by atoms with E-state index in [4.69, 9.17) is 0 Å². The summed E-state index contributed by atoms with van der Waals surface area (Å²) in [6.45, 7) is 0. The number of hydrogen-bond donors (Lipinski definition) is 0. The minimum atomic E-state index is -4.76. The Morgan fingerprint density at radius 2 is 1.81 bits per heavy atom. The van der Waals surface area contributed by atoms with Crippen molar-refractivity contribution < 1.29 is 18.0 Å². The molecule has 8 heteroatoms. The maximum atomic E-state index is 13.3. The molecule has 0 amide bonds. The summed E-state index contributed by atoms with van der Waals surface area (Å²) in [4.78, 5) is 19.6. The maximum Gasteiger partial charge on any atom is 0.434 e. The van der Waals surface area contributed by atoms with Gasteiger partial charge in [0, 0.05) is 11.8 Å². The average molecular weight is 292 g/mol. The van der Waals surface area contributed by atoms with Crippen LogP contribution in [0.2, 0.25) is 0 Å². The zero-order chi connectivity index (χ0) is 15.0. The molecule has 0 N–H and O–H groups in total. The quantitative estimate of drug-likeness (QED) is 0.680. The van der Waals surface area contributed by atoms with Crippen molar-refractivity contribution in [3.63, 3.8) is 0 Å². The van der Waals surface area contributed by atoms with Crippen LogP contribution in [0, 0.1) is 0 Å². The third-order valence-electron chi connectivity index (χ3n) is 2.85. The number of carbonyl (C=O) groups excluding carboxylic acids is 1. The van der Waals surface area contributed by atoms with Gasteiger partial charge >= 0.3 is 6.18 Å². The van der Waals surface area contributed by atoms with Gasteiger partial charge in [0.15, 0.2) is 11.5 Å². The average Bonchev–Trinajstić information content (AvgIpc) is 2.93. The van der Waals surface area contributed by atoms with Gasteiger partial charge in [-0.2, -0.15) is 27.8 Å². The number of rotatable bonds is 2. The molecule has 1 aromatic carbocycles. The molecule has 0 fully saturated rings. The van der Waals surface area contributed by atoms with E-state index in [0.717, 1.165) is 12.5 Å². The van der Waals surface area contributed by atoms with Gasteiger partial charge in [-0.25, -0.2) is 4.98 Å². The van der Waals surface area contributed by atoms with Gasteiger partial charge in [-0.3, -0.25) is 4.79 Å². The Morgan fingerprint density at radius 3 is 2.48 bits per heavy atom. The standard InChI is InChI=1S/C13H7F3N4O/c14-13(15,16)11-9(6-17-12-18-7-19-20(11)12)10(21)8-4-2-1-3-5-8/h1-7H. The van der Waals surface area contributed by atoms with Crippen LogP contribution in [0.4, 0.5) is 13.2 Å². The molecule has 3 aromatic rings. The SMILES string of the molecule is O=C(c1ccccc1)c1cnc2ncnn2c1C(F)(F)F. The number of fused-ring (bicyclic) bond motifs is 1. The first-order chi connectivity index (χ1) is 9.98. The second kappa shape index (κ2) is 4.65. The monoisotopic (exact) mass is 292 g/mol. The lowest BCUT2D eigenvalue weighted by molar-refractivity contribution is -0.143. The largest absolute Gasteiger partial charge is 0.434 e. The Labute approximate surface area is 116 Å². The van der Waals surface area contributed by atoms with Gasteiger partial charge in [0.2, 0.25) is 0 Å². The van der Waals surface area contributed by atoms with Crippen LogP contribution in [-0.2, 0) is 6.18 Å². The summed E-state index contributed by atoms with van der Waals surface area (Å²) in [5.74, 6) is -0.986. The minimum Gasteiger partial charge on any atom is -0.288 e. The van der Waals surface area contributed by atoms with E-state index in [0.29, 0.717) is 4.52 Å². The first-order valence-electron chi connectivity index (χ1n) is 5.84. The molecule has 0 aliphatic carbocycles. The topological polar surface area (TPSA) is 60.2 Å². The van der Waals surface area contributed by atoms with Crippen LogP contribution in [-0.4, -0.2) is 25.4 Å². The van der Waals surface area contributed by atoms with Crippen molar-refractivity contribution in [2.75, 3.05) is 0 Å². The van der Waals surface area contributed by atoms with Crippen LogP contribution < -0.4 is 0 Å². The summed E-state index contributed by atoms with van der Waals surface area (Å²) in [5.41, 5.74) is -1.60. The fourth-order valence-electron chi connectivity index (χ4n) is 1.96. The van der Waals surface area contributed by atoms with Crippen molar-refractivity contribution in [2.24, 2.45) is 0 Å². The Bertz CT molecular complexity index is 811. The van der Waals surface area contributed by atoms with Gasteiger partial charge in [-0.05, 0) is 0 Å². The molecule has 0 radical (unpaired) electrons. The predicted octanol–water partition coefficient (Wildman–Crippen LogP) is 2.37. The van der Waals surface area contributed by atoms with Crippen LogP contribution in [0.15, 0.2) is 42.9 Å². The number of aromatic nitrogens is 4. The number of halogens is 3. The highest BCUT2D eigenvalue weighted by molar-refractivity contribution is 6.09. The summed E-state index contributed by atoms with van der Waals surface area (Å²) in [6.07, 6.45) is -2.93. The first-order valence-corrected chi connectivity index (χ1v) is 5.84. The molecule has 3 rings (SSSR count). The van der Waals surface area contributed by atoms with Crippen LogP contribution in [0.3, 0.4) is 0 Å². The second-order valence-corrected chi connectivity index (χ2v) is 4.19. The minimum absolute atomic E-state index is 0.143. The molecular formula is C13H7F3N4O. The fourth-order valence-corrected chi connectivity index (χ4v) is 1.96. The molecule has 0 saturated heterocycles. The Kier molecular flexibility index (Phi) is 2.93. The Morgan fingerprint density at radius 1 is 1.10 bits per heavy atom. The first kappa shape index (κ1) is 13.2. The summed E-state index contributed by atoms with van der Waals surface area (Å²) >= 11 is 0. The van der Waals surface area contributed by atoms with Crippen LogP contribution in [0.1, 0.15) is 21.6 Å². The molecule has 0 unspecified atom stereocenters. The normalized spacial score (nSPS) is 11.8. The van der Waals surface area contributed by atoms with Crippen molar-refractivity contribution in [1.82, 2.24) is 19.6 Å². The molecule has 21 heavy (non-hydrogen) atoms. The number of hydrogen-bond acceptors (Lipinski definition) is 4. The van der Waals surface area contributed by atoms with Crippen LogP contribution in [0.25, 0.3) is 5.78 Å². The van der Waals surface area contributed by atoms with E-state index in [-0.39, 0.29) is 11.3 Å². The molecule has 0 atom stereocenters. The van der Waals surface area contributed by atoms with Gasteiger partial charge in [-0.15, -0.1) is 0 Å². The van der Waals surface area contributed by atoms with Gasteiger partial charge in [0.05, 0.1) is 5.56 Å². The number of nitrogens with zero attached hydrogens (tertiary/aromatic N) is 4. The van der Waals surface area contributed by atoms with Crippen molar-refractivity contribution >= 4 is 11.6 Å². The maximum absolute atomic E-state index is 13.3. The van der Waals surface area contributed by atoms with E-state index in [1.807, 2.05) is 0 Å². The lowest BCUT2D eigenvalue weighted by Gasteiger charge is -2.12. The molecule has 0 bridgehead atoms. The van der Waals surface area contributed by atoms with E-state index in [1.54, 1.807) is 18.2 Å². The number of benzene rings is 1. The number of ketones is 1. The van der Waals surface area contributed by atoms with Gasteiger partial charge in [-0.1, -0.05) is 30.3 Å². The van der Waals surface area contributed by atoms with E-state index in [2.05, 4.69) is 15.1 Å². The zero-order valence-corrected chi connectivity index (χ0v) is 10.4. The molecule has 2 heterocycles. The van der Waals surface area contributed by atoms with Gasteiger partial charge in [0.25, 0.3) is 5.78 Å². The molecule has 106 valence electrons. The van der Waals surface area contributed by atoms with Gasteiger partial charge < -0.3 is 0 Å². The predicted molar refractivity (Wildman–Crippen MR) is 65.7 cm³/mol. The van der Waals surface area contributed by atoms with Crippen molar-refractivity contribution in [3.05, 3.63) is 59.7 Å². The smallest absolute Gasteiger partial charge is 0.288 e.